The summed E-state index contributed by atoms with van der Waals surface area (Å²) in [5.74, 6) is -2.55. The summed E-state index contributed by atoms with van der Waals surface area (Å²) in [6, 6.07) is 6.07. The van der Waals surface area contributed by atoms with Crippen LogP contribution in [-0.4, -0.2) is 33.6 Å². The molecule has 27 heavy (non-hydrogen) atoms. The second kappa shape index (κ2) is 7.58. The molecule has 0 bridgehead atoms. The number of aromatic nitrogens is 2. The fourth-order valence-corrected chi connectivity index (χ4v) is 3.26. The summed E-state index contributed by atoms with van der Waals surface area (Å²) in [6.07, 6.45) is -1.97. The summed E-state index contributed by atoms with van der Waals surface area (Å²) in [5, 5.41) is 2.79. The monoisotopic (exact) mass is 383 g/mol. The Morgan fingerprint density at radius 1 is 1.30 bits per heavy atom. The number of ether oxygens (including phenoxy) is 1. The molecule has 9 heteroatoms. The highest BCUT2D eigenvalue weighted by atomic mass is 19.4. The predicted octanol–water partition coefficient (Wildman–Crippen LogP) is 3.05. The Morgan fingerprint density at radius 3 is 2.63 bits per heavy atom. The number of hydrogen-bond donors (Lipinski definition) is 1. The van der Waals surface area contributed by atoms with E-state index in [9.17, 15) is 22.8 Å². The molecule has 3 rings (SSSR count). The number of alkyl halides is 3. The molecule has 146 valence electrons. The maximum atomic E-state index is 13.3. The van der Waals surface area contributed by atoms with Crippen LogP contribution in [0.15, 0.2) is 24.3 Å². The summed E-state index contributed by atoms with van der Waals surface area (Å²) in [7, 11) is 0. The fourth-order valence-electron chi connectivity index (χ4n) is 3.26. The van der Waals surface area contributed by atoms with Crippen molar-refractivity contribution in [1.82, 2.24) is 14.9 Å². The number of halogens is 3. The lowest BCUT2D eigenvalue weighted by Crippen LogP contribution is -2.41. The number of imidazole rings is 1. The molecule has 0 aliphatic heterocycles. The molecule has 1 aliphatic rings. The van der Waals surface area contributed by atoms with Crippen LogP contribution in [-0.2, 0) is 27.0 Å². The van der Waals surface area contributed by atoms with Gasteiger partial charge in [-0.15, -0.1) is 0 Å². The zero-order chi connectivity index (χ0) is 19.6. The first-order chi connectivity index (χ1) is 12.8. The Bertz CT molecular complexity index is 841. The summed E-state index contributed by atoms with van der Waals surface area (Å²) < 4.78 is 45.6. The van der Waals surface area contributed by atoms with E-state index in [0.29, 0.717) is 0 Å². The zero-order valence-corrected chi connectivity index (χ0v) is 14.8. The Balaban J connectivity index is 1.71. The smallest absolute Gasteiger partial charge is 0.449 e. The first-order valence-corrected chi connectivity index (χ1v) is 8.78. The van der Waals surface area contributed by atoms with Crippen molar-refractivity contribution in [2.24, 2.45) is 0 Å². The van der Waals surface area contributed by atoms with Crippen LogP contribution in [0.4, 0.5) is 13.2 Å². The van der Waals surface area contributed by atoms with Gasteiger partial charge in [-0.1, -0.05) is 25.0 Å². The summed E-state index contributed by atoms with van der Waals surface area (Å²) >= 11 is 0. The molecule has 0 saturated heterocycles. The highest BCUT2D eigenvalue weighted by Gasteiger charge is 2.38. The average Bonchev–Trinajstić information content (AvgIpc) is 3.22. The van der Waals surface area contributed by atoms with Gasteiger partial charge in [-0.05, 0) is 31.9 Å². The molecule has 1 aromatic heterocycles. The number of para-hydroxylation sites is 2. The SMILES string of the molecule is CC(OC(=O)Cn1c(C(F)(F)F)nc2ccccc21)C(=O)NC1CCCC1. The number of nitrogens with one attached hydrogen (secondary N) is 1. The van der Waals surface area contributed by atoms with Gasteiger partial charge < -0.3 is 14.6 Å². The Morgan fingerprint density at radius 2 is 1.96 bits per heavy atom. The minimum Gasteiger partial charge on any atom is -0.451 e. The third kappa shape index (κ3) is 4.40. The molecular weight excluding hydrogens is 363 g/mol. The van der Waals surface area contributed by atoms with Crippen LogP contribution in [0.5, 0.6) is 0 Å². The molecule has 1 amide bonds. The van der Waals surface area contributed by atoms with Gasteiger partial charge in [0.15, 0.2) is 6.10 Å². The van der Waals surface area contributed by atoms with Crippen LogP contribution in [0.1, 0.15) is 38.4 Å². The largest absolute Gasteiger partial charge is 0.451 e. The summed E-state index contributed by atoms with van der Waals surface area (Å²) in [6.45, 7) is 0.718. The molecule has 6 nitrogen and oxygen atoms in total. The quantitative estimate of drug-likeness (QED) is 0.806. The molecule has 0 spiro atoms. The lowest BCUT2D eigenvalue weighted by molar-refractivity contribution is -0.157. The van der Waals surface area contributed by atoms with E-state index in [1.54, 1.807) is 12.1 Å². The summed E-state index contributed by atoms with van der Waals surface area (Å²) in [4.78, 5) is 27.8. The topological polar surface area (TPSA) is 73.2 Å². The molecule has 1 aromatic carbocycles. The number of hydrogen-bond acceptors (Lipinski definition) is 4. The van der Waals surface area contributed by atoms with Crippen molar-refractivity contribution >= 4 is 22.9 Å². The fraction of sp³-hybridized carbons (Fsp3) is 0.500. The van der Waals surface area contributed by atoms with Crippen molar-refractivity contribution in [1.29, 1.82) is 0 Å². The van der Waals surface area contributed by atoms with E-state index >= 15 is 0 Å². The minimum absolute atomic E-state index is 0.0630. The van der Waals surface area contributed by atoms with Crippen LogP contribution < -0.4 is 5.32 Å². The van der Waals surface area contributed by atoms with E-state index in [4.69, 9.17) is 4.74 Å². The number of esters is 1. The van der Waals surface area contributed by atoms with E-state index in [0.717, 1.165) is 30.3 Å². The Kier molecular flexibility index (Phi) is 5.38. The molecule has 1 unspecified atom stereocenters. The van der Waals surface area contributed by atoms with Crippen LogP contribution in [0.3, 0.4) is 0 Å². The van der Waals surface area contributed by atoms with E-state index in [2.05, 4.69) is 10.3 Å². The molecule has 1 atom stereocenters. The van der Waals surface area contributed by atoms with E-state index in [1.807, 2.05) is 0 Å². The molecule has 1 N–H and O–H groups in total. The highest BCUT2D eigenvalue weighted by molar-refractivity contribution is 5.84. The number of rotatable bonds is 5. The second-order valence-corrected chi connectivity index (χ2v) is 6.63. The van der Waals surface area contributed by atoms with Crippen LogP contribution >= 0.6 is 0 Å². The van der Waals surface area contributed by atoms with Crippen LogP contribution in [0.25, 0.3) is 11.0 Å². The molecule has 1 aliphatic carbocycles. The zero-order valence-electron chi connectivity index (χ0n) is 14.8. The molecule has 0 radical (unpaired) electrons. The van der Waals surface area contributed by atoms with Crippen molar-refractivity contribution in [3.63, 3.8) is 0 Å². The normalized spacial score (nSPS) is 16.4. The predicted molar refractivity (Wildman–Crippen MR) is 90.7 cm³/mol. The van der Waals surface area contributed by atoms with Gasteiger partial charge in [0.25, 0.3) is 5.91 Å². The first-order valence-electron chi connectivity index (χ1n) is 8.78. The van der Waals surface area contributed by atoms with Gasteiger partial charge in [0.1, 0.15) is 6.54 Å². The number of carbonyl (C=O) groups is 2. The van der Waals surface area contributed by atoms with E-state index < -0.39 is 36.5 Å². The molecule has 1 fully saturated rings. The molecular formula is C18H20F3N3O3. The van der Waals surface area contributed by atoms with Gasteiger partial charge in [-0.2, -0.15) is 13.2 Å². The maximum absolute atomic E-state index is 13.3. The lowest BCUT2D eigenvalue weighted by Gasteiger charge is -2.18. The number of fused-ring (bicyclic) bond motifs is 1. The number of nitrogens with zero attached hydrogens (tertiary/aromatic N) is 2. The summed E-state index contributed by atoms with van der Waals surface area (Å²) in [5.41, 5.74) is 0.300. The Hall–Kier alpha value is -2.58. The van der Waals surface area contributed by atoms with Gasteiger partial charge in [0, 0.05) is 6.04 Å². The average molecular weight is 383 g/mol. The molecule has 1 saturated carbocycles. The third-order valence-electron chi connectivity index (χ3n) is 4.57. The highest BCUT2D eigenvalue weighted by Crippen LogP contribution is 2.31. The van der Waals surface area contributed by atoms with E-state index in [-0.39, 0.29) is 17.1 Å². The molecule has 1 heterocycles. The van der Waals surface area contributed by atoms with Crippen LogP contribution in [0, 0.1) is 0 Å². The lowest BCUT2D eigenvalue weighted by atomic mass is 10.2. The first kappa shape index (κ1) is 19.2. The Labute approximate surface area is 153 Å². The second-order valence-electron chi connectivity index (χ2n) is 6.63. The number of amides is 1. The van der Waals surface area contributed by atoms with Gasteiger partial charge in [0.2, 0.25) is 5.82 Å². The van der Waals surface area contributed by atoms with Crippen molar-refractivity contribution in [3.05, 3.63) is 30.1 Å². The minimum atomic E-state index is -4.72. The number of carbonyl (C=O) groups excluding carboxylic acids is 2. The van der Waals surface area contributed by atoms with Gasteiger partial charge in [-0.3, -0.25) is 9.59 Å². The van der Waals surface area contributed by atoms with Crippen molar-refractivity contribution in [2.45, 2.75) is 57.5 Å². The van der Waals surface area contributed by atoms with E-state index in [1.165, 1.54) is 19.1 Å². The van der Waals surface area contributed by atoms with Gasteiger partial charge >= 0.3 is 12.1 Å². The molecule has 2 aromatic rings. The van der Waals surface area contributed by atoms with Crippen molar-refractivity contribution in [2.75, 3.05) is 0 Å². The van der Waals surface area contributed by atoms with Gasteiger partial charge in [-0.25, -0.2) is 4.98 Å². The van der Waals surface area contributed by atoms with Crippen LogP contribution in [0.2, 0.25) is 0 Å². The van der Waals surface area contributed by atoms with Crippen molar-refractivity contribution in [3.8, 4) is 0 Å². The van der Waals surface area contributed by atoms with Crippen molar-refractivity contribution < 1.29 is 27.5 Å². The number of benzene rings is 1. The maximum Gasteiger partial charge on any atom is 0.449 e. The standard InChI is InChI=1S/C18H20F3N3O3/c1-11(16(26)22-12-6-2-3-7-12)27-15(25)10-24-14-9-5-4-8-13(14)23-17(24)18(19,20)21/h4-5,8-9,11-12H,2-3,6-7,10H2,1H3,(H,22,26). The third-order valence-corrected chi connectivity index (χ3v) is 4.57. The van der Waals surface area contributed by atoms with Gasteiger partial charge in [0.05, 0.1) is 11.0 Å².